The maximum absolute atomic E-state index is 12.5. The Morgan fingerprint density at radius 1 is 1.19 bits per heavy atom. The zero-order valence-electron chi connectivity index (χ0n) is 11.7. The van der Waals surface area contributed by atoms with E-state index in [1.807, 2.05) is 19.1 Å². The van der Waals surface area contributed by atoms with Crippen LogP contribution in [0.5, 0.6) is 0 Å². The van der Waals surface area contributed by atoms with Crippen LogP contribution >= 0.6 is 11.6 Å². The highest BCUT2D eigenvalue weighted by atomic mass is 35.5. The smallest absolute Gasteiger partial charge is 0.262 e. The van der Waals surface area contributed by atoms with Crippen LogP contribution in [0.1, 0.15) is 16.7 Å². The van der Waals surface area contributed by atoms with Gasteiger partial charge in [0.2, 0.25) is 0 Å². The van der Waals surface area contributed by atoms with Crippen LogP contribution in [-0.4, -0.2) is 13.5 Å². The topological polar surface area (TPSA) is 66.4 Å². The number of sulfonamides is 1. The number of nitrogens with one attached hydrogen (secondary N) is 1. The lowest BCUT2D eigenvalue weighted by Crippen LogP contribution is -2.16. The second-order valence-electron chi connectivity index (χ2n) is 4.77. The van der Waals surface area contributed by atoms with Gasteiger partial charge in [0.05, 0.1) is 17.2 Å². The lowest BCUT2D eigenvalue weighted by atomic mass is 10.1. The number of benzene rings is 2. The van der Waals surface area contributed by atoms with E-state index in [1.165, 1.54) is 6.07 Å². The number of rotatable bonds is 4. The molecule has 0 amide bonds. The third-order valence-electron chi connectivity index (χ3n) is 3.28. The molecule has 0 aliphatic heterocycles. The zero-order valence-corrected chi connectivity index (χ0v) is 13.3. The molecule has 0 aliphatic rings. The number of hydrogen-bond donors (Lipinski definition) is 2. The van der Waals surface area contributed by atoms with Gasteiger partial charge in [0.25, 0.3) is 10.0 Å². The van der Waals surface area contributed by atoms with Gasteiger partial charge in [-0.15, -0.1) is 0 Å². The van der Waals surface area contributed by atoms with Gasteiger partial charge in [-0.25, -0.2) is 8.42 Å². The molecule has 0 saturated heterocycles. The molecule has 2 aromatic rings. The van der Waals surface area contributed by atoms with Gasteiger partial charge in [0.15, 0.2) is 0 Å². The van der Waals surface area contributed by atoms with Crippen LogP contribution in [0.15, 0.2) is 41.3 Å². The zero-order chi connectivity index (χ0) is 15.6. The van der Waals surface area contributed by atoms with Crippen molar-refractivity contribution in [1.82, 2.24) is 0 Å². The Balaban J connectivity index is 2.50. The lowest BCUT2D eigenvalue weighted by molar-refractivity contribution is 0.280. The molecule has 0 fully saturated rings. The van der Waals surface area contributed by atoms with Crippen LogP contribution in [-0.2, 0) is 16.6 Å². The second-order valence-corrected chi connectivity index (χ2v) is 6.85. The number of para-hydroxylation sites is 1. The predicted molar refractivity (Wildman–Crippen MR) is 84.1 cm³/mol. The molecule has 0 saturated carbocycles. The van der Waals surface area contributed by atoms with Crippen LogP contribution in [0.4, 0.5) is 5.69 Å². The lowest BCUT2D eigenvalue weighted by Gasteiger charge is -2.14. The quantitative estimate of drug-likeness (QED) is 0.906. The molecular weight excluding hydrogens is 310 g/mol. The van der Waals surface area contributed by atoms with Gasteiger partial charge in [-0.3, -0.25) is 4.72 Å². The van der Waals surface area contributed by atoms with Gasteiger partial charge in [0.1, 0.15) is 0 Å². The van der Waals surface area contributed by atoms with Crippen LogP contribution in [0.3, 0.4) is 0 Å². The van der Waals surface area contributed by atoms with Crippen molar-refractivity contribution in [3.05, 3.63) is 58.1 Å². The van der Waals surface area contributed by atoms with Gasteiger partial charge in [-0.05, 0) is 48.7 Å². The first kappa shape index (κ1) is 15.8. The van der Waals surface area contributed by atoms with Gasteiger partial charge in [-0.2, -0.15) is 0 Å². The molecule has 0 aromatic heterocycles. The van der Waals surface area contributed by atoms with E-state index in [0.29, 0.717) is 16.8 Å². The van der Waals surface area contributed by atoms with E-state index < -0.39 is 10.0 Å². The minimum absolute atomic E-state index is 0.0716. The average Bonchev–Trinajstić information content (AvgIpc) is 2.43. The third-order valence-corrected chi connectivity index (χ3v) is 4.99. The van der Waals surface area contributed by atoms with E-state index in [-0.39, 0.29) is 16.5 Å². The summed E-state index contributed by atoms with van der Waals surface area (Å²) in [5, 5.41) is 9.57. The maximum atomic E-state index is 12.5. The fourth-order valence-electron chi connectivity index (χ4n) is 2.04. The molecule has 0 radical (unpaired) electrons. The van der Waals surface area contributed by atoms with E-state index in [9.17, 15) is 13.5 Å². The molecule has 0 heterocycles. The Bertz CT molecular complexity index is 772. The number of aliphatic hydroxyl groups is 1. The van der Waals surface area contributed by atoms with Crippen molar-refractivity contribution in [3.8, 4) is 0 Å². The largest absolute Gasteiger partial charge is 0.392 e. The fourth-order valence-corrected chi connectivity index (χ4v) is 3.79. The van der Waals surface area contributed by atoms with Crippen LogP contribution in [0, 0.1) is 13.8 Å². The van der Waals surface area contributed by atoms with E-state index >= 15 is 0 Å². The van der Waals surface area contributed by atoms with Crippen LogP contribution in [0.2, 0.25) is 5.02 Å². The molecule has 0 aliphatic carbocycles. The van der Waals surface area contributed by atoms with Gasteiger partial charge < -0.3 is 5.11 Å². The molecule has 4 nitrogen and oxygen atoms in total. The van der Waals surface area contributed by atoms with Crippen LogP contribution < -0.4 is 4.72 Å². The summed E-state index contributed by atoms with van der Waals surface area (Å²) in [7, 11) is -3.77. The molecule has 0 spiro atoms. The average molecular weight is 326 g/mol. The number of aliphatic hydroxyl groups excluding tert-OH is 1. The number of halogens is 1. The third kappa shape index (κ3) is 3.37. The normalized spacial score (nSPS) is 11.4. The highest BCUT2D eigenvalue weighted by Gasteiger charge is 2.20. The first-order chi connectivity index (χ1) is 9.85. The molecular formula is C15H16ClNO3S. The van der Waals surface area contributed by atoms with E-state index in [4.69, 9.17) is 11.6 Å². The van der Waals surface area contributed by atoms with Gasteiger partial charge >= 0.3 is 0 Å². The Morgan fingerprint density at radius 2 is 1.86 bits per heavy atom. The predicted octanol–water partition coefficient (Wildman–Crippen LogP) is 3.25. The molecule has 0 bridgehead atoms. The Hall–Kier alpha value is -1.56. The summed E-state index contributed by atoms with van der Waals surface area (Å²) < 4.78 is 27.6. The Kier molecular flexibility index (Phi) is 4.56. The van der Waals surface area contributed by atoms with Crippen molar-refractivity contribution in [1.29, 1.82) is 0 Å². The van der Waals surface area contributed by atoms with Gasteiger partial charge in [0, 0.05) is 5.02 Å². The Morgan fingerprint density at radius 3 is 2.48 bits per heavy atom. The minimum atomic E-state index is -3.77. The summed E-state index contributed by atoms with van der Waals surface area (Å²) in [4.78, 5) is 0.0716. The summed E-state index contributed by atoms with van der Waals surface area (Å²) >= 11 is 5.94. The van der Waals surface area contributed by atoms with Crippen molar-refractivity contribution in [2.24, 2.45) is 0 Å². The standard InChI is InChI=1S/C15H16ClNO3S/c1-10-5-3-4-6-14(10)17-21(19,20)15-8-13(16)7-12(9-18)11(15)2/h3-8,17-18H,9H2,1-2H3. The number of anilines is 1. The van der Waals surface area contributed by atoms with Gasteiger partial charge in [-0.1, -0.05) is 29.8 Å². The molecule has 0 unspecified atom stereocenters. The molecule has 2 N–H and O–H groups in total. The molecule has 6 heteroatoms. The fraction of sp³-hybridized carbons (Fsp3) is 0.200. The van der Waals surface area contributed by atoms with Crippen LogP contribution in [0.25, 0.3) is 0 Å². The summed E-state index contributed by atoms with van der Waals surface area (Å²) in [6, 6.07) is 10.1. The summed E-state index contributed by atoms with van der Waals surface area (Å²) in [6.45, 7) is 3.20. The first-order valence-corrected chi connectivity index (χ1v) is 8.19. The van der Waals surface area contributed by atoms with Crippen molar-refractivity contribution in [2.45, 2.75) is 25.3 Å². The number of aryl methyl sites for hydroxylation is 1. The molecule has 112 valence electrons. The SMILES string of the molecule is Cc1ccccc1NS(=O)(=O)c1cc(Cl)cc(CO)c1C. The molecule has 21 heavy (non-hydrogen) atoms. The maximum Gasteiger partial charge on any atom is 0.262 e. The summed E-state index contributed by atoms with van der Waals surface area (Å²) in [5.41, 5.74) is 2.32. The Labute approximate surface area is 129 Å². The van der Waals surface area contributed by atoms with E-state index in [0.717, 1.165) is 5.56 Å². The summed E-state index contributed by atoms with van der Waals surface area (Å²) in [6.07, 6.45) is 0. The van der Waals surface area contributed by atoms with E-state index in [1.54, 1.807) is 25.1 Å². The monoisotopic (exact) mass is 325 g/mol. The van der Waals surface area contributed by atoms with E-state index in [2.05, 4.69) is 4.72 Å². The second kappa shape index (κ2) is 6.05. The minimum Gasteiger partial charge on any atom is -0.392 e. The molecule has 0 atom stereocenters. The first-order valence-electron chi connectivity index (χ1n) is 6.33. The molecule has 2 rings (SSSR count). The van der Waals surface area contributed by atoms with Crippen molar-refractivity contribution in [3.63, 3.8) is 0 Å². The molecule has 2 aromatic carbocycles. The highest BCUT2D eigenvalue weighted by Crippen LogP contribution is 2.27. The van der Waals surface area contributed by atoms with Crippen molar-refractivity contribution in [2.75, 3.05) is 4.72 Å². The highest BCUT2D eigenvalue weighted by molar-refractivity contribution is 7.92. The summed E-state index contributed by atoms with van der Waals surface area (Å²) in [5.74, 6) is 0. The number of hydrogen-bond acceptors (Lipinski definition) is 3. The van der Waals surface area contributed by atoms with Crippen molar-refractivity contribution >= 4 is 27.3 Å². The van der Waals surface area contributed by atoms with Crippen molar-refractivity contribution < 1.29 is 13.5 Å².